The molecule has 0 atom stereocenters. The van der Waals surface area contributed by atoms with Crippen LogP contribution in [0, 0.1) is 6.92 Å². The van der Waals surface area contributed by atoms with Gasteiger partial charge in [-0.2, -0.15) is 9.78 Å². The quantitative estimate of drug-likeness (QED) is 0.719. The van der Waals surface area contributed by atoms with Gasteiger partial charge in [-0.1, -0.05) is 0 Å². The van der Waals surface area contributed by atoms with Crippen LogP contribution in [0.25, 0.3) is 17.0 Å². The van der Waals surface area contributed by atoms with Gasteiger partial charge in [-0.15, -0.1) is 0 Å². The van der Waals surface area contributed by atoms with E-state index in [9.17, 15) is 0 Å². The Morgan fingerprint density at radius 3 is 2.67 bits per heavy atom. The lowest BCUT2D eigenvalue weighted by Gasteiger charge is -2.03. The largest absolute Gasteiger partial charge is 0.372 e. The first kappa shape index (κ1) is 10.6. The van der Waals surface area contributed by atoms with Gasteiger partial charge >= 0.3 is 0 Å². The molecule has 0 aliphatic carbocycles. The molecule has 0 saturated carbocycles. The van der Waals surface area contributed by atoms with Gasteiger partial charge in [-0.25, -0.2) is 19.9 Å². The summed E-state index contributed by atoms with van der Waals surface area (Å²) in [5, 5.41) is 8.14. The predicted octanol–water partition coefficient (Wildman–Crippen LogP) is 0.956. The van der Waals surface area contributed by atoms with Gasteiger partial charge in [0.15, 0.2) is 5.65 Å². The molecule has 0 aliphatic rings. The lowest BCUT2D eigenvalue weighted by atomic mass is 10.4. The van der Waals surface area contributed by atoms with E-state index in [2.05, 4.69) is 30.4 Å². The number of nitrogens with one attached hydrogen (secondary N) is 1. The SMILES string of the molecule is CNc1nc(C)nc2c1cnn2-c1ncccn1. The number of rotatable bonds is 2. The van der Waals surface area contributed by atoms with E-state index in [1.54, 1.807) is 29.3 Å². The van der Waals surface area contributed by atoms with E-state index < -0.39 is 0 Å². The molecule has 1 N–H and O–H groups in total. The second kappa shape index (κ2) is 4.02. The van der Waals surface area contributed by atoms with Crippen LogP contribution in [0.3, 0.4) is 0 Å². The Balaban J connectivity index is 2.30. The molecule has 3 heterocycles. The molecule has 0 amide bonds. The van der Waals surface area contributed by atoms with Crippen LogP contribution in [-0.4, -0.2) is 36.8 Å². The molecule has 3 rings (SSSR count). The van der Waals surface area contributed by atoms with Gasteiger partial charge in [-0.3, -0.25) is 0 Å². The Hall–Kier alpha value is -2.57. The van der Waals surface area contributed by atoms with Gasteiger partial charge in [0, 0.05) is 19.4 Å². The summed E-state index contributed by atoms with van der Waals surface area (Å²) < 4.78 is 1.60. The van der Waals surface area contributed by atoms with Crippen LogP contribution >= 0.6 is 0 Å². The fraction of sp³-hybridized carbons (Fsp3) is 0.182. The molecule has 0 spiro atoms. The first-order valence-corrected chi connectivity index (χ1v) is 5.47. The molecule has 7 heteroatoms. The third kappa shape index (κ3) is 1.56. The second-order valence-electron chi connectivity index (χ2n) is 3.71. The van der Waals surface area contributed by atoms with Crippen molar-refractivity contribution in [3.63, 3.8) is 0 Å². The van der Waals surface area contributed by atoms with E-state index >= 15 is 0 Å². The molecule has 0 radical (unpaired) electrons. The van der Waals surface area contributed by atoms with Crippen LogP contribution in [0.5, 0.6) is 0 Å². The van der Waals surface area contributed by atoms with E-state index in [-0.39, 0.29) is 0 Å². The Morgan fingerprint density at radius 1 is 1.17 bits per heavy atom. The van der Waals surface area contributed by atoms with Crippen LogP contribution in [0.15, 0.2) is 24.7 Å². The maximum absolute atomic E-state index is 4.39. The molecule has 0 aromatic carbocycles. The van der Waals surface area contributed by atoms with Gasteiger partial charge < -0.3 is 5.32 Å². The third-order valence-electron chi connectivity index (χ3n) is 2.52. The summed E-state index contributed by atoms with van der Waals surface area (Å²) in [5.74, 6) is 1.91. The van der Waals surface area contributed by atoms with Crippen molar-refractivity contribution in [2.45, 2.75) is 6.92 Å². The number of fused-ring (bicyclic) bond motifs is 1. The molecule has 3 aromatic rings. The summed E-state index contributed by atoms with van der Waals surface area (Å²) in [5.41, 5.74) is 0.693. The van der Waals surface area contributed by atoms with E-state index in [0.717, 1.165) is 11.2 Å². The number of hydrogen-bond donors (Lipinski definition) is 1. The van der Waals surface area contributed by atoms with Crippen molar-refractivity contribution in [2.24, 2.45) is 0 Å². The van der Waals surface area contributed by atoms with Crippen LogP contribution in [-0.2, 0) is 0 Å². The third-order valence-corrected chi connectivity index (χ3v) is 2.52. The average Bonchev–Trinajstić information content (AvgIpc) is 2.82. The highest BCUT2D eigenvalue weighted by atomic mass is 15.4. The highest BCUT2D eigenvalue weighted by Gasteiger charge is 2.12. The monoisotopic (exact) mass is 241 g/mol. The van der Waals surface area contributed by atoms with E-state index in [4.69, 9.17) is 0 Å². The molecular weight excluding hydrogens is 230 g/mol. The zero-order valence-corrected chi connectivity index (χ0v) is 9.99. The summed E-state index contributed by atoms with van der Waals surface area (Å²) in [6.45, 7) is 1.84. The highest BCUT2D eigenvalue weighted by Crippen LogP contribution is 2.20. The zero-order valence-electron chi connectivity index (χ0n) is 9.99. The normalized spacial score (nSPS) is 10.8. The number of nitrogens with zero attached hydrogens (tertiary/aromatic N) is 6. The minimum atomic E-state index is 0.493. The number of aromatic nitrogens is 6. The Labute approximate surface area is 103 Å². The zero-order chi connectivity index (χ0) is 12.5. The summed E-state index contributed by atoms with van der Waals surface area (Å²) in [6, 6.07) is 1.76. The van der Waals surface area contributed by atoms with Crippen LogP contribution in [0.4, 0.5) is 5.82 Å². The van der Waals surface area contributed by atoms with Crippen LogP contribution in [0.1, 0.15) is 5.82 Å². The van der Waals surface area contributed by atoms with Crippen molar-refractivity contribution in [1.82, 2.24) is 29.7 Å². The molecule has 18 heavy (non-hydrogen) atoms. The van der Waals surface area contributed by atoms with Crippen molar-refractivity contribution < 1.29 is 0 Å². The van der Waals surface area contributed by atoms with E-state index in [0.29, 0.717) is 17.4 Å². The van der Waals surface area contributed by atoms with Gasteiger partial charge in [0.1, 0.15) is 11.6 Å². The van der Waals surface area contributed by atoms with Crippen LogP contribution in [0.2, 0.25) is 0 Å². The van der Waals surface area contributed by atoms with Gasteiger partial charge in [-0.05, 0) is 13.0 Å². The van der Waals surface area contributed by atoms with Gasteiger partial charge in [0.2, 0.25) is 0 Å². The Morgan fingerprint density at radius 2 is 1.94 bits per heavy atom. The topological polar surface area (TPSA) is 81.4 Å². The molecule has 0 unspecified atom stereocenters. The summed E-state index contributed by atoms with van der Waals surface area (Å²) in [7, 11) is 1.82. The Bertz CT molecular complexity index is 689. The number of aryl methyl sites for hydroxylation is 1. The number of hydrogen-bond acceptors (Lipinski definition) is 6. The lowest BCUT2D eigenvalue weighted by Crippen LogP contribution is -2.04. The fourth-order valence-electron chi connectivity index (χ4n) is 1.75. The van der Waals surface area contributed by atoms with Crippen molar-refractivity contribution in [3.05, 3.63) is 30.5 Å². The molecule has 7 nitrogen and oxygen atoms in total. The Kier molecular flexibility index (Phi) is 2.36. The molecule has 0 aliphatic heterocycles. The molecular formula is C11H11N7. The maximum atomic E-state index is 4.39. The molecule has 0 saturated heterocycles. The van der Waals surface area contributed by atoms with E-state index in [1.165, 1.54) is 0 Å². The minimum Gasteiger partial charge on any atom is -0.372 e. The smallest absolute Gasteiger partial charge is 0.252 e. The van der Waals surface area contributed by atoms with Crippen molar-refractivity contribution >= 4 is 16.9 Å². The van der Waals surface area contributed by atoms with Crippen LogP contribution < -0.4 is 5.32 Å². The molecule has 0 fully saturated rings. The van der Waals surface area contributed by atoms with Gasteiger partial charge in [0.05, 0.1) is 11.6 Å². The van der Waals surface area contributed by atoms with Gasteiger partial charge in [0.25, 0.3) is 5.95 Å². The lowest BCUT2D eigenvalue weighted by molar-refractivity contribution is 0.819. The molecule has 0 bridgehead atoms. The van der Waals surface area contributed by atoms with Crippen molar-refractivity contribution in [1.29, 1.82) is 0 Å². The second-order valence-corrected chi connectivity index (χ2v) is 3.71. The minimum absolute atomic E-state index is 0.493. The first-order valence-electron chi connectivity index (χ1n) is 5.47. The summed E-state index contributed by atoms with van der Waals surface area (Å²) >= 11 is 0. The standard InChI is InChI=1S/C11H11N7/c1-7-16-9(12-2)8-6-15-18(10(8)17-7)11-13-4-3-5-14-11/h3-6H,1-2H3,(H,12,16,17). The first-order chi connectivity index (χ1) is 8.79. The fourth-order valence-corrected chi connectivity index (χ4v) is 1.75. The highest BCUT2D eigenvalue weighted by molar-refractivity contribution is 5.86. The molecule has 3 aromatic heterocycles. The van der Waals surface area contributed by atoms with Crippen molar-refractivity contribution in [3.8, 4) is 5.95 Å². The van der Waals surface area contributed by atoms with Crippen molar-refractivity contribution in [2.75, 3.05) is 12.4 Å². The average molecular weight is 241 g/mol. The molecule has 90 valence electrons. The van der Waals surface area contributed by atoms with E-state index in [1.807, 2.05) is 14.0 Å². The summed E-state index contributed by atoms with van der Waals surface area (Å²) in [4.78, 5) is 17.0. The summed E-state index contributed by atoms with van der Waals surface area (Å²) in [6.07, 6.45) is 5.04. The number of anilines is 1. The maximum Gasteiger partial charge on any atom is 0.252 e. The predicted molar refractivity (Wildman–Crippen MR) is 66.5 cm³/mol.